The summed E-state index contributed by atoms with van der Waals surface area (Å²) >= 11 is 0. The average molecular weight is 659 g/mol. The monoisotopic (exact) mass is 659 g/mol. The molecule has 1 fully saturated rings. The van der Waals surface area contributed by atoms with Gasteiger partial charge >= 0.3 is 51.9 Å². The van der Waals surface area contributed by atoms with Gasteiger partial charge in [-0.1, -0.05) is 0 Å². The van der Waals surface area contributed by atoms with E-state index >= 15 is 0 Å². The van der Waals surface area contributed by atoms with Crippen LogP contribution in [0.5, 0.6) is 0 Å². The number of carbonyl (C=O) groups is 5. The first-order valence-corrected chi connectivity index (χ1v) is 11.4. The molecule has 1 radical (unpaired) electrons. The third-order valence-corrected chi connectivity index (χ3v) is 5.60. The summed E-state index contributed by atoms with van der Waals surface area (Å²) in [5.74, 6) is -5.21. The third kappa shape index (κ3) is 14.9. The van der Waals surface area contributed by atoms with Crippen LogP contribution in [0.4, 0.5) is 0 Å². The van der Waals surface area contributed by atoms with Crippen molar-refractivity contribution < 1.29 is 84.3 Å². The van der Waals surface area contributed by atoms with Gasteiger partial charge in [-0.25, -0.2) is 0 Å². The fraction of sp³-hybridized carbons (Fsp3) is 0.762. The average Bonchev–Trinajstić information content (AvgIpc) is 2.72. The van der Waals surface area contributed by atoms with E-state index in [9.17, 15) is 39.3 Å². The van der Waals surface area contributed by atoms with E-state index in [-0.39, 0.29) is 125 Å². The number of carboxylic acids is 4. The summed E-state index contributed by atoms with van der Waals surface area (Å²) in [6.07, 6.45) is 0. The summed E-state index contributed by atoms with van der Waals surface area (Å²) in [4.78, 5) is 65.4. The van der Waals surface area contributed by atoms with E-state index in [1.165, 1.54) is 4.90 Å². The van der Waals surface area contributed by atoms with Crippen LogP contribution in [0.1, 0.15) is 13.8 Å². The normalized spacial score (nSPS) is 17.4. The molecule has 14 nitrogen and oxygen atoms in total. The molecule has 1 rings (SSSR count). The van der Waals surface area contributed by atoms with Crippen molar-refractivity contribution in [3.05, 3.63) is 0 Å². The molecule has 0 aliphatic carbocycles. The number of hydrogen-bond donors (Lipinski definition) is 2. The second-order valence-corrected chi connectivity index (χ2v) is 8.75. The van der Waals surface area contributed by atoms with E-state index in [0.29, 0.717) is 0 Å². The smallest absolute Gasteiger partial charge is 0.549 e. The Labute approximate surface area is 242 Å². The molecule has 0 aromatic rings. The first-order chi connectivity index (χ1) is 16.4. The van der Waals surface area contributed by atoms with E-state index in [4.69, 9.17) is 5.11 Å². The number of amides is 1. The molecule has 2 N–H and O–H groups in total. The summed E-state index contributed by atoms with van der Waals surface area (Å²) in [7, 11) is 0. The maximum atomic E-state index is 12.9. The summed E-state index contributed by atoms with van der Waals surface area (Å²) in [6, 6.07) is -0.348. The molecule has 0 unspecified atom stereocenters. The van der Waals surface area contributed by atoms with Crippen molar-refractivity contribution in [3.8, 4) is 0 Å². The Balaban J connectivity index is 0.0000122. The van der Waals surface area contributed by atoms with Gasteiger partial charge < -0.3 is 34.9 Å². The summed E-state index contributed by atoms with van der Waals surface area (Å²) in [5.41, 5.74) is 0. The van der Waals surface area contributed by atoms with E-state index in [0.717, 1.165) is 0 Å². The molecule has 1 amide bonds. The molecular weight excluding hydrogens is 624 g/mol. The quantitative estimate of drug-likeness (QED) is 0.215. The maximum Gasteiger partial charge on any atom is 3.00 e. The number of rotatable bonds is 11. The molecule has 15 heteroatoms. The molecule has 36 heavy (non-hydrogen) atoms. The van der Waals surface area contributed by atoms with Crippen molar-refractivity contribution in [2.45, 2.75) is 19.9 Å². The van der Waals surface area contributed by atoms with Crippen LogP contribution in [0.25, 0.3) is 0 Å². The maximum absolute atomic E-state index is 12.9. The summed E-state index contributed by atoms with van der Waals surface area (Å²) in [6.45, 7) is 3.63. The summed E-state index contributed by atoms with van der Waals surface area (Å²) in [5, 5.41) is 40.7. The van der Waals surface area contributed by atoms with Crippen LogP contribution in [-0.2, 0) is 24.0 Å². The minimum absolute atomic E-state index is 0. The molecular formula is C21H35GdN5O9+. The molecule has 1 aliphatic rings. The Bertz CT molecular complexity index is 723. The number of carbonyl (C=O) groups excluding carboxylic acids is 3. The standard InChI is InChI=1S/C21H37N5O9.Gd/c1-16(2)26(15-21(34)35)17(27)11-22-3-5-23(12-18(28)29)7-9-25(14-20(32)33)10-8-24(6-4-22)13-19(30)31;/h16H,3-15H2,1-2H3,(H,28,29)(H,30,31)(H,32,33)(H,34,35);/q;+3/p-2. The number of aliphatic carboxylic acids is 4. The molecule has 0 atom stereocenters. The first-order valence-electron chi connectivity index (χ1n) is 11.4. The zero-order valence-electron chi connectivity index (χ0n) is 20.6. The third-order valence-electron chi connectivity index (χ3n) is 5.60. The van der Waals surface area contributed by atoms with Crippen LogP contribution in [-0.4, -0.2) is 156 Å². The Morgan fingerprint density at radius 1 is 0.667 bits per heavy atom. The second kappa shape index (κ2) is 17.9. The van der Waals surface area contributed by atoms with Crippen molar-refractivity contribution >= 4 is 29.8 Å². The molecule has 0 spiro atoms. The zero-order valence-corrected chi connectivity index (χ0v) is 22.9. The molecule has 205 valence electrons. The largest absolute Gasteiger partial charge is 3.00 e. The Morgan fingerprint density at radius 3 is 1.28 bits per heavy atom. The number of nitrogens with zero attached hydrogens (tertiary/aromatic N) is 5. The van der Waals surface area contributed by atoms with Gasteiger partial charge in [0.15, 0.2) is 0 Å². The van der Waals surface area contributed by atoms with Crippen LogP contribution in [0.3, 0.4) is 0 Å². The van der Waals surface area contributed by atoms with Gasteiger partial charge in [-0.3, -0.25) is 34.0 Å². The predicted molar refractivity (Wildman–Crippen MR) is 118 cm³/mol. The molecule has 0 aromatic carbocycles. The van der Waals surface area contributed by atoms with Gasteiger partial charge in [-0.05, 0) is 13.8 Å². The van der Waals surface area contributed by atoms with Crippen LogP contribution in [0.15, 0.2) is 0 Å². The summed E-state index contributed by atoms with van der Waals surface area (Å²) < 4.78 is 0. The SMILES string of the molecule is CC(C)N(CC(=O)O)C(=O)CN1CCN(CC(=O)[O-])CCN(CC(=O)[O-])CCN(CC(=O)O)CC1.[Gd+3]. The first kappa shape index (κ1) is 34.5. The van der Waals surface area contributed by atoms with E-state index in [1.807, 2.05) is 0 Å². The number of carboxylic acid groups (broad SMARTS) is 4. The second-order valence-electron chi connectivity index (χ2n) is 8.75. The van der Waals surface area contributed by atoms with Gasteiger partial charge in [0.2, 0.25) is 5.91 Å². The van der Waals surface area contributed by atoms with Crippen LogP contribution >= 0.6 is 0 Å². The fourth-order valence-electron chi connectivity index (χ4n) is 3.75. The van der Waals surface area contributed by atoms with Gasteiger partial charge in [0, 0.05) is 71.5 Å². The van der Waals surface area contributed by atoms with Crippen molar-refractivity contribution in [3.63, 3.8) is 0 Å². The Kier molecular flexibility index (Phi) is 17.1. The molecule has 1 saturated heterocycles. The van der Waals surface area contributed by atoms with Crippen molar-refractivity contribution in [1.82, 2.24) is 24.5 Å². The Morgan fingerprint density at radius 2 is 1.00 bits per heavy atom. The van der Waals surface area contributed by atoms with Gasteiger partial charge in [-0.15, -0.1) is 0 Å². The number of hydrogen-bond acceptors (Lipinski definition) is 11. The molecule has 1 heterocycles. The van der Waals surface area contributed by atoms with E-state index in [1.54, 1.807) is 33.4 Å². The van der Waals surface area contributed by atoms with Crippen LogP contribution in [0, 0.1) is 39.9 Å². The minimum Gasteiger partial charge on any atom is -0.549 e. The zero-order chi connectivity index (χ0) is 26.5. The van der Waals surface area contributed by atoms with Gasteiger partial charge in [0.05, 0.1) is 25.0 Å². The fourth-order valence-corrected chi connectivity index (χ4v) is 3.75. The van der Waals surface area contributed by atoms with Crippen LogP contribution < -0.4 is 10.2 Å². The minimum atomic E-state index is -1.30. The van der Waals surface area contributed by atoms with Gasteiger partial charge in [0.1, 0.15) is 6.54 Å². The molecule has 1 aliphatic heterocycles. The predicted octanol–water partition coefficient (Wildman–Crippen LogP) is -4.89. The van der Waals surface area contributed by atoms with Crippen LogP contribution in [0.2, 0.25) is 0 Å². The van der Waals surface area contributed by atoms with E-state index < -0.39 is 36.3 Å². The van der Waals surface area contributed by atoms with Gasteiger partial charge in [0.25, 0.3) is 0 Å². The topological polar surface area (TPSA) is 188 Å². The molecule has 0 bridgehead atoms. The van der Waals surface area contributed by atoms with Crippen molar-refractivity contribution in [2.75, 3.05) is 85.1 Å². The van der Waals surface area contributed by atoms with Crippen molar-refractivity contribution in [2.24, 2.45) is 0 Å². The Hall–Kier alpha value is -1.49. The van der Waals surface area contributed by atoms with E-state index in [2.05, 4.69) is 0 Å². The molecule has 0 aromatic heterocycles. The van der Waals surface area contributed by atoms with Crippen molar-refractivity contribution in [1.29, 1.82) is 0 Å². The molecule has 0 saturated carbocycles. The van der Waals surface area contributed by atoms with Gasteiger partial charge in [-0.2, -0.15) is 0 Å².